The lowest BCUT2D eigenvalue weighted by atomic mass is 9.77. The van der Waals surface area contributed by atoms with Crippen molar-refractivity contribution in [1.29, 1.82) is 0 Å². The maximum atomic E-state index is 11.6. The summed E-state index contributed by atoms with van der Waals surface area (Å²) in [5, 5.41) is 0. The number of nitrogens with two attached hydrogens (primary N) is 1. The van der Waals surface area contributed by atoms with Crippen molar-refractivity contribution in [3.63, 3.8) is 0 Å². The van der Waals surface area contributed by atoms with Gasteiger partial charge in [0.05, 0.1) is 11.3 Å². The minimum atomic E-state index is -0.450. The van der Waals surface area contributed by atoms with Gasteiger partial charge in [-0.3, -0.25) is 9.78 Å². The summed E-state index contributed by atoms with van der Waals surface area (Å²) >= 11 is 0. The molecule has 22 heavy (non-hydrogen) atoms. The Hall–Kier alpha value is -2.36. The van der Waals surface area contributed by atoms with E-state index in [1.807, 2.05) is 6.07 Å². The molecule has 0 saturated carbocycles. The topological polar surface area (TPSA) is 59.2 Å². The summed E-state index contributed by atoms with van der Waals surface area (Å²) in [5.41, 5.74) is 10.2. The maximum Gasteiger partial charge on any atom is 0.250 e. The summed E-state index contributed by atoms with van der Waals surface area (Å²) in [6, 6.07) is 9.76. The molecule has 0 saturated heterocycles. The molecule has 0 aliphatic carbocycles. The average Bonchev–Trinajstić information content (AvgIpc) is 2.51. The Morgan fingerprint density at radius 1 is 1.32 bits per heavy atom. The highest BCUT2D eigenvalue weighted by Crippen LogP contribution is 2.40. The van der Waals surface area contributed by atoms with Crippen LogP contribution in [0.1, 0.15) is 36.2 Å². The molecule has 2 heterocycles. The van der Waals surface area contributed by atoms with Crippen LogP contribution >= 0.6 is 0 Å². The van der Waals surface area contributed by atoms with Crippen molar-refractivity contribution in [3.05, 3.63) is 47.7 Å². The minimum Gasteiger partial charge on any atom is -0.374 e. The van der Waals surface area contributed by atoms with E-state index in [0.29, 0.717) is 11.3 Å². The van der Waals surface area contributed by atoms with Crippen LogP contribution < -0.4 is 10.6 Å². The van der Waals surface area contributed by atoms with Gasteiger partial charge in [-0.2, -0.15) is 0 Å². The van der Waals surface area contributed by atoms with Gasteiger partial charge in [0, 0.05) is 31.0 Å². The molecule has 0 fully saturated rings. The summed E-state index contributed by atoms with van der Waals surface area (Å²) in [5.74, 6) is -0.450. The molecule has 4 nitrogen and oxygen atoms in total. The van der Waals surface area contributed by atoms with Crippen LogP contribution in [0.15, 0.2) is 36.5 Å². The summed E-state index contributed by atoms with van der Waals surface area (Å²) in [6.07, 6.45) is 2.82. The molecule has 3 rings (SSSR count). The summed E-state index contributed by atoms with van der Waals surface area (Å²) in [6.45, 7) is 5.57. The van der Waals surface area contributed by atoms with Crippen molar-refractivity contribution < 1.29 is 4.79 Å². The van der Waals surface area contributed by atoms with E-state index in [1.54, 1.807) is 18.3 Å². The molecule has 4 heteroatoms. The smallest absolute Gasteiger partial charge is 0.250 e. The molecule has 1 aromatic heterocycles. The second kappa shape index (κ2) is 5.13. The van der Waals surface area contributed by atoms with Gasteiger partial charge in [-0.15, -0.1) is 0 Å². The predicted molar refractivity (Wildman–Crippen MR) is 89.1 cm³/mol. The number of pyridine rings is 1. The van der Waals surface area contributed by atoms with Gasteiger partial charge in [0.1, 0.15) is 0 Å². The number of carbonyl (C=O) groups excluding carboxylic acids is 1. The Labute approximate surface area is 131 Å². The minimum absolute atomic E-state index is 0.164. The van der Waals surface area contributed by atoms with E-state index < -0.39 is 5.91 Å². The molecule has 114 valence electrons. The van der Waals surface area contributed by atoms with Crippen LogP contribution in [0.4, 0.5) is 5.69 Å². The van der Waals surface area contributed by atoms with Gasteiger partial charge in [-0.1, -0.05) is 26.0 Å². The number of carbonyl (C=O) groups is 1. The lowest BCUT2D eigenvalue weighted by molar-refractivity contribution is 0.100. The van der Waals surface area contributed by atoms with E-state index in [4.69, 9.17) is 5.73 Å². The molecule has 0 unspecified atom stereocenters. The maximum absolute atomic E-state index is 11.6. The third-order valence-electron chi connectivity index (χ3n) is 4.56. The zero-order valence-corrected chi connectivity index (χ0v) is 13.3. The Bertz CT molecular complexity index is 737. The van der Waals surface area contributed by atoms with Gasteiger partial charge < -0.3 is 10.6 Å². The van der Waals surface area contributed by atoms with Crippen molar-refractivity contribution >= 4 is 11.6 Å². The van der Waals surface area contributed by atoms with Crippen molar-refractivity contribution in [2.75, 3.05) is 18.5 Å². The van der Waals surface area contributed by atoms with Gasteiger partial charge in [-0.05, 0) is 35.6 Å². The van der Waals surface area contributed by atoms with Gasteiger partial charge >= 0.3 is 0 Å². The first-order valence-electron chi connectivity index (χ1n) is 7.51. The zero-order chi connectivity index (χ0) is 15.9. The van der Waals surface area contributed by atoms with Crippen LogP contribution in [0.3, 0.4) is 0 Å². The van der Waals surface area contributed by atoms with Crippen LogP contribution in [0, 0.1) is 0 Å². The first-order valence-corrected chi connectivity index (χ1v) is 7.51. The highest BCUT2D eigenvalue weighted by molar-refractivity contribution is 5.99. The number of anilines is 1. The second-order valence-electron chi connectivity index (χ2n) is 6.55. The standard InChI is InChI=1S/C18H21N3O/c1-18(2)8-10-21(3)15-11-12(6-7-14(15)18)16-13(17(19)22)5-4-9-20-16/h4-7,9,11H,8,10H2,1-3H3,(H2,19,22). The third kappa shape index (κ3) is 2.34. The zero-order valence-electron chi connectivity index (χ0n) is 13.3. The fourth-order valence-electron chi connectivity index (χ4n) is 3.10. The van der Waals surface area contributed by atoms with Gasteiger partial charge in [0.2, 0.25) is 0 Å². The number of hydrogen-bond acceptors (Lipinski definition) is 3. The average molecular weight is 295 g/mol. The predicted octanol–water partition coefficient (Wildman–Crippen LogP) is 2.97. The van der Waals surface area contributed by atoms with Gasteiger partial charge in [0.25, 0.3) is 5.91 Å². The van der Waals surface area contributed by atoms with Crippen LogP contribution in [-0.4, -0.2) is 24.5 Å². The van der Waals surface area contributed by atoms with Crippen LogP contribution in [-0.2, 0) is 5.41 Å². The molecule has 0 spiro atoms. The number of nitrogens with zero attached hydrogens (tertiary/aromatic N) is 2. The molecule has 2 N–H and O–H groups in total. The molecule has 2 aromatic rings. The molecule has 1 aliphatic rings. The Morgan fingerprint density at radius 3 is 2.82 bits per heavy atom. The molecule has 0 atom stereocenters. The summed E-state index contributed by atoms with van der Waals surface area (Å²) in [7, 11) is 2.10. The van der Waals surface area contributed by atoms with E-state index in [9.17, 15) is 4.79 Å². The number of fused-ring (bicyclic) bond motifs is 1. The van der Waals surface area contributed by atoms with E-state index in [2.05, 4.69) is 42.9 Å². The molecular weight excluding hydrogens is 274 g/mol. The second-order valence-corrected chi connectivity index (χ2v) is 6.55. The fraction of sp³-hybridized carbons (Fsp3) is 0.333. The van der Waals surface area contributed by atoms with Crippen molar-refractivity contribution in [3.8, 4) is 11.3 Å². The molecular formula is C18H21N3O. The number of rotatable bonds is 2. The van der Waals surface area contributed by atoms with Gasteiger partial charge in [0.15, 0.2) is 0 Å². The molecule has 0 radical (unpaired) electrons. The number of benzene rings is 1. The Kier molecular flexibility index (Phi) is 3.39. The lowest BCUT2D eigenvalue weighted by Crippen LogP contribution is -2.34. The summed E-state index contributed by atoms with van der Waals surface area (Å²) < 4.78 is 0. The van der Waals surface area contributed by atoms with E-state index in [1.165, 1.54) is 11.3 Å². The molecule has 1 aromatic carbocycles. The number of hydrogen-bond donors (Lipinski definition) is 1. The Balaban J connectivity index is 2.16. The van der Waals surface area contributed by atoms with E-state index in [0.717, 1.165) is 18.5 Å². The first-order chi connectivity index (χ1) is 10.4. The largest absolute Gasteiger partial charge is 0.374 e. The Morgan fingerprint density at radius 2 is 2.09 bits per heavy atom. The fourth-order valence-corrected chi connectivity index (χ4v) is 3.10. The van der Waals surface area contributed by atoms with Crippen LogP contribution in [0.5, 0.6) is 0 Å². The van der Waals surface area contributed by atoms with Crippen molar-refractivity contribution in [1.82, 2.24) is 4.98 Å². The molecule has 1 amide bonds. The lowest BCUT2D eigenvalue weighted by Gasteiger charge is -2.38. The van der Waals surface area contributed by atoms with E-state index >= 15 is 0 Å². The third-order valence-corrected chi connectivity index (χ3v) is 4.56. The van der Waals surface area contributed by atoms with E-state index in [-0.39, 0.29) is 5.41 Å². The number of aromatic nitrogens is 1. The molecule has 0 bridgehead atoms. The van der Waals surface area contributed by atoms with Crippen LogP contribution in [0.2, 0.25) is 0 Å². The SMILES string of the molecule is CN1CCC(C)(C)c2ccc(-c3ncccc3C(N)=O)cc21. The summed E-state index contributed by atoms with van der Waals surface area (Å²) in [4.78, 5) is 18.2. The monoisotopic (exact) mass is 295 g/mol. The van der Waals surface area contributed by atoms with Crippen LogP contribution in [0.25, 0.3) is 11.3 Å². The van der Waals surface area contributed by atoms with Crippen molar-refractivity contribution in [2.45, 2.75) is 25.7 Å². The number of primary amides is 1. The normalized spacial score (nSPS) is 16.2. The quantitative estimate of drug-likeness (QED) is 0.926. The number of amides is 1. The first kappa shape index (κ1) is 14.6. The van der Waals surface area contributed by atoms with Gasteiger partial charge in [-0.25, -0.2) is 0 Å². The molecule has 1 aliphatic heterocycles. The van der Waals surface area contributed by atoms with Crippen molar-refractivity contribution in [2.24, 2.45) is 5.73 Å². The highest BCUT2D eigenvalue weighted by Gasteiger charge is 2.30. The highest BCUT2D eigenvalue weighted by atomic mass is 16.1.